The van der Waals surface area contributed by atoms with Crippen molar-refractivity contribution in [2.45, 2.75) is 13.8 Å². The maximum absolute atomic E-state index is 11.7. The quantitative estimate of drug-likeness (QED) is 0.616. The topological polar surface area (TPSA) is 58.8 Å². The van der Waals surface area contributed by atoms with Crippen LogP contribution in [0.1, 0.15) is 24.2 Å². The number of rotatable bonds is 7. The van der Waals surface area contributed by atoms with Gasteiger partial charge < -0.3 is 20.3 Å². The molecule has 5 heteroatoms. The van der Waals surface area contributed by atoms with Gasteiger partial charge in [-0.3, -0.25) is 0 Å². The van der Waals surface area contributed by atoms with Crippen LogP contribution in [0.5, 0.6) is 0 Å². The molecule has 0 atom stereocenters. The zero-order chi connectivity index (χ0) is 16.0. The summed E-state index contributed by atoms with van der Waals surface area (Å²) in [6.45, 7) is 7.02. The molecule has 0 aliphatic carbocycles. The number of esters is 1. The van der Waals surface area contributed by atoms with E-state index in [1.54, 1.807) is 12.1 Å². The van der Waals surface area contributed by atoms with E-state index in [4.69, 9.17) is 10.5 Å². The summed E-state index contributed by atoms with van der Waals surface area (Å²) < 4.78 is 4.78. The zero-order valence-corrected chi connectivity index (χ0v) is 13.7. The Bertz CT molecular complexity index is 473. The molecule has 0 spiro atoms. The fourth-order valence-corrected chi connectivity index (χ4v) is 2.13. The molecule has 21 heavy (non-hydrogen) atoms. The van der Waals surface area contributed by atoms with E-state index < -0.39 is 0 Å². The summed E-state index contributed by atoms with van der Waals surface area (Å²) in [5.41, 5.74) is 8.21. The first-order valence-corrected chi connectivity index (χ1v) is 7.22. The summed E-state index contributed by atoms with van der Waals surface area (Å²) in [4.78, 5) is 16.1. The number of benzene rings is 1. The average molecular weight is 293 g/mol. The van der Waals surface area contributed by atoms with Crippen molar-refractivity contribution in [1.82, 2.24) is 4.90 Å². The van der Waals surface area contributed by atoms with E-state index in [0.29, 0.717) is 17.2 Å². The SMILES string of the molecule is COC(=O)c1ccc(N)c(N(CCN(C)C)CC(C)C)c1. The molecule has 0 aliphatic rings. The van der Waals surface area contributed by atoms with Crippen molar-refractivity contribution in [3.05, 3.63) is 23.8 Å². The van der Waals surface area contributed by atoms with E-state index in [1.165, 1.54) is 7.11 Å². The second-order valence-electron chi connectivity index (χ2n) is 5.91. The Labute approximate surface area is 127 Å². The third kappa shape index (κ3) is 5.27. The Balaban J connectivity index is 3.06. The molecule has 0 saturated heterocycles. The lowest BCUT2D eigenvalue weighted by molar-refractivity contribution is 0.0601. The normalized spacial score (nSPS) is 11.0. The molecule has 0 aromatic heterocycles. The first kappa shape index (κ1) is 17.3. The molecule has 118 valence electrons. The van der Waals surface area contributed by atoms with E-state index in [2.05, 4.69) is 23.6 Å². The summed E-state index contributed by atoms with van der Waals surface area (Å²) in [7, 11) is 5.47. The molecule has 0 heterocycles. The third-order valence-corrected chi connectivity index (χ3v) is 3.19. The minimum Gasteiger partial charge on any atom is -0.465 e. The molecule has 2 N–H and O–H groups in total. The van der Waals surface area contributed by atoms with E-state index in [1.807, 2.05) is 20.2 Å². The van der Waals surface area contributed by atoms with Gasteiger partial charge >= 0.3 is 5.97 Å². The number of hydrogen-bond acceptors (Lipinski definition) is 5. The van der Waals surface area contributed by atoms with Crippen molar-refractivity contribution in [1.29, 1.82) is 0 Å². The highest BCUT2D eigenvalue weighted by atomic mass is 16.5. The summed E-state index contributed by atoms with van der Waals surface area (Å²) in [6, 6.07) is 5.29. The number of ether oxygens (including phenoxy) is 1. The highest BCUT2D eigenvalue weighted by Gasteiger charge is 2.15. The Morgan fingerprint density at radius 1 is 1.29 bits per heavy atom. The molecule has 1 aromatic carbocycles. The first-order valence-electron chi connectivity index (χ1n) is 7.22. The zero-order valence-electron chi connectivity index (χ0n) is 13.7. The predicted molar refractivity (Wildman–Crippen MR) is 87.8 cm³/mol. The van der Waals surface area contributed by atoms with Crippen LogP contribution in [-0.2, 0) is 4.74 Å². The minimum atomic E-state index is -0.339. The second-order valence-corrected chi connectivity index (χ2v) is 5.91. The van der Waals surface area contributed by atoms with Gasteiger partial charge in [-0.15, -0.1) is 0 Å². The minimum absolute atomic E-state index is 0.339. The second kappa shape index (κ2) is 7.88. The van der Waals surface area contributed by atoms with Gasteiger partial charge in [0.25, 0.3) is 0 Å². The van der Waals surface area contributed by atoms with E-state index in [0.717, 1.165) is 25.3 Å². The fraction of sp³-hybridized carbons (Fsp3) is 0.562. The summed E-state index contributed by atoms with van der Waals surface area (Å²) in [5.74, 6) is 0.168. The van der Waals surface area contributed by atoms with Crippen LogP contribution in [0.3, 0.4) is 0 Å². The van der Waals surface area contributed by atoms with E-state index in [-0.39, 0.29) is 5.97 Å². The summed E-state index contributed by atoms with van der Waals surface area (Å²) >= 11 is 0. The molecule has 0 unspecified atom stereocenters. The number of carbonyl (C=O) groups is 1. The van der Waals surface area contributed by atoms with Gasteiger partial charge in [0.05, 0.1) is 24.0 Å². The van der Waals surface area contributed by atoms with Crippen molar-refractivity contribution < 1.29 is 9.53 Å². The maximum atomic E-state index is 11.7. The van der Waals surface area contributed by atoms with Crippen molar-refractivity contribution in [3.8, 4) is 0 Å². The third-order valence-electron chi connectivity index (χ3n) is 3.19. The number of methoxy groups -OCH3 is 1. The Kier molecular flexibility index (Phi) is 6.49. The van der Waals surface area contributed by atoms with E-state index >= 15 is 0 Å². The highest BCUT2D eigenvalue weighted by Crippen LogP contribution is 2.26. The molecule has 0 amide bonds. The van der Waals surface area contributed by atoms with Gasteiger partial charge in [-0.25, -0.2) is 4.79 Å². The van der Waals surface area contributed by atoms with Crippen LogP contribution < -0.4 is 10.6 Å². The van der Waals surface area contributed by atoms with E-state index in [9.17, 15) is 4.79 Å². The Morgan fingerprint density at radius 3 is 2.48 bits per heavy atom. The number of hydrogen-bond donors (Lipinski definition) is 1. The van der Waals surface area contributed by atoms with Gasteiger partial charge in [0.1, 0.15) is 0 Å². The number of carbonyl (C=O) groups excluding carboxylic acids is 1. The highest BCUT2D eigenvalue weighted by molar-refractivity contribution is 5.92. The lowest BCUT2D eigenvalue weighted by Gasteiger charge is -2.29. The first-order chi connectivity index (χ1) is 9.85. The van der Waals surface area contributed by atoms with Crippen LogP contribution in [0.2, 0.25) is 0 Å². The molecular formula is C16H27N3O2. The van der Waals surface area contributed by atoms with Gasteiger partial charge in [0.2, 0.25) is 0 Å². The summed E-state index contributed by atoms with van der Waals surface area (Å²) in [5, 5.41) is 0. The monoisotopic (exact) mass is 293 g/mol. The van der Waals surface area contributed by atoms with Crippen molar-refractivity contribution >= 4 is 17.3 Å². The Hall–Kier alpha value is -1.75. The smallest absolute Gasteiger partial charge is 0.337 e. The number of anilines is 2. The largest absolute Gasteiger partial charge is 0.465 e. The molecule has 0 aliphatic heterocycles. The van der Waals surface area contributed by atoms with Crippen molar-refractivity contribution in [2.24, 2.45) is 5.92 Å². The van der Waals surface area contributed by atoms with Gasteiger partial charge in [-0.05, 0) is 38.2 Å². The molecule has 1 aromatic rings. The molecule has 0 radical (unpaired) electrons. The molecule has 0 saturated carbocycles. The van der Waals surface area contributed by atoms with Crippen LogP contribution >= 0.6 is 0 Å². The number of nitrogen functional groups attached to an aromatic ring is 1. The van der Waals surface area contributed by atoms with Gasteiger partial charge in [0.15, 0.2) is 0 Å². The van der Waals surface area contributed by atoms with Crippen molar-refractivity contribution in [3.63, 3.8) is 0 Å². The maximum Gasteiger partial charge on any atom is 0.337 e. The van der Waals surface area contributed by atoms with Gasteiger partial charge in [-0.2, -0.15) is 0 Å². The summed E-state index contributed by atoms with van der Waals surface area (Å²) in [6.07, 6.45) is 0. The number of nitrogens with two attached hydrogens (primary N) is 1. The van der Waals surface area contributed by atoms with Gasteiger partial charge in [-0.1, -0.05) is 13.8 Å². The molecular weight excluding hydrogens is 266 g/mol. The van der Waals surface area contributed by atoms with Crippen LogP contribution in [0.25, 0.3) is 0 Å². The average Bonchev–Trinajstić information content (AvgIpc) is 2.42. The molecule has 1 rings (SSSR count). The van der Waals surface area contributed by atoms with Crippen LogP contribution in [0.4, 0.5) is 11.4 Å². The van der Waals surface area contributed by atoms with Crippen LogP contribution in [-0.4, -0.2) is 51.7 Å². The lowest BCUT2D eigenvalue weighted by Crippen LogP contribution is -2.35. The van der Waals surface area contributed by atoms with Crippen molar-refractivity contribution in [2.75, 3.05) is 51.5 Å². The predicted octanol–water partition coefficient (Wildman–Crippen LogP) is 2.08. The fourth-order valence-electron chi connectivity index (χ4n) is 2.13. The van der Waals surface area contributed by atoms with Crippen LogP contribution in [0.15, 0.2) is 18.2 Å². The number of likely N-dealkylation sites (N-methyl/N-ethyl adjacent to an activating group) is 1. The number of nitrogens with zero attached hydrogens (tertiary/aromatic N) is 2. The molecule has 5 nitrogen and oxygen atoms in total. The van der Waals surface area contributed by atoms with Crippen LogP contribution in [0, 0.1) is 5.92 Å². The lowest BCUT2D eigenvalue weighted by atomic mass is 10.1. The standard InChI is InChI=1S/C16H27N3O2/c1-12(2)11-19(9-8-18(3)4)15-10-13(16(20)21-5)6-7-14(15)17/h6-7,10,12H,8-9,11,17H2,1-5H3. The van der Waals surface area contributed by atoms with Gasteiger partial charge in [0, 0.05) is 19.6 Å². The molecule has 0 fully saturated rings. The Morgan fingerprint density at radius 2 is 1.95 bits per heavy atom. The molecule has 0 bridgehead atoms.